The first-order valence-electron chi connectivity index (χ1n) is 5.64. The number of benzene rings is 2. The average molecular weight is 310 g/mol. The second-order valence-electron chi connectivity index (χ2n) is 4.02. The molecule has 0 aromatic heterocycles. The third-order valence-corrected chi connectivity index (χ3v) is 4.57. The molecule has 5 nitrogen and oxygen atoms in total. The van der Waals surface area contributed by atoms with Crippen LogP contribution in [0.5, 0.6) is 5.75 Å². The van der Waals surface area contributed by atoms with Crippen LogP contribution in [0.3, 0.4) is 0 Å². The van der Waals surface area contributed by atoms with Crippen LogP contribution in [0.1, 0.15) is 0 Å². The largest absolute Gasteiger partial charge is 0.497 e. The quantitative estimate of drug-likeness (QED) is 0.843. The number of sulfonamides is 1. The molecule has 7 heteroatoms. The van der Waals surface area contributed by atoms with Crippen molar-refractivity contribution < 1.29 is 13.2 Å². The smallest absolute Gasteiger partial charge is 0.240 e. The number of hydrogen-bond donors (Lipinski definition) is 2. The molecule has 0 aliphatic rings. The van der Waals surface area contributed by atoms with Gasteiger partial charge in [0.1, 0.15) is 10.6 Å². The Morgan fingerprint density at radius 2 is 1.65 bits per heavy atom. The Kier molecular flexibility index (Phi) is 4.22. The van der Waals surface area contributed by atoms with Gasteiger partial charge in [0, 0.05) is 9.79 Å². The molecule has 0 aliphatic carbocycles. The molecule has 0 aliphatic heterocycles. The second kappa shape index (κ2) is 5.74. The van der Waals surface area contributed by atoms with E-state index in [4.69, 9.17) is 15.6 Å². The van der Waals surface area contributed by atoms with Crippen molar-refractivity contribution in [1.82, 2.24) is 0 Å². The number of nitrogens with two attached hydrogens (primary N) is 2. The molecule has 2 aromatic rings. The van der Waals surface area contributed by atoms with Crippen molar-refractivity contribution in [3.8, 4) is 5.75 Å². The monoisotopic (exact) mass is 310 g/mol. The molecule has 0 saturated heterocycles. The number of nitrogen functional groups attached to an aromatic ring is 1. The summed E-state index contributed by atoms with van der Waals surface area (Å²) < 4.78 is 27.6. The maximum atomic E-state index is 11.3. The lowest BCUT2D eigenvalue weighted by Gasteiger charge is -2.07. The molecule has 2 aromatic carbocycles. The Hall–Kier alpha value is -1.70. The van der Waals surface area contributed by atoms with Crippen LogP contribution in [0.4, 0.5) is 5.69 Å². The third-order valence-electron chi connectivity index (χ3n) is 2.58. The molecule has 106 valence electrons. The summed E-state index contributed by atoms with van der Waals surface area (Å²) in [5.74, 6) is 0.776. The summed E-state index contributed by atoms with van der Waals surface area (Å²) in [6, 6.07) is 12.2. The molecule has 0 saturated carbocycles. The summed E-state index contributed by atoms with van der Waals surface area (Å²) in [4.78, 5) is 1.77. The summed E-state index contributed by atoms with van der Waals surface area (Å²) in [5.41, 5.74) is 5.86. The van der Waals surface area contributed by atoms with Gasteiger partial charge in [-0.3, -0.25) is 0 Å². The van der Waals surface area contributed by atoms with Crippen LogP contribution >= 0.6 is 11.8 Å². The molecule has 0 radical (unpaired) electrons. The number of methoxy groups -OCH3 is 1. The van der Waals surface area contributed by atoms with Crippen molar-refractivity contribution in [3.05, 3.63) is 42.5 Å². The van der Waals surface area contributed by atoms with E-state index in [9.17, 15) is 8.42 Å². The molecule has 4 N–H and O–H groups in total. The number of rotatable bonds is 4. The van der Waals surface area contributed by atoms with Gasteiger partial charge in [0.05, 0.1) is 12.8 Å². The second-order valence-corrected chi connectivity index (χ2v) is 6.70. The Balaban J connectivity index is 2.24. The highest BCUT2D eigenvalue weighted by Gasteiger charge is 2.12. The summed E-state index contributed by atoms with van der Waals surface area (Å²) >= 11 is 1.47. The van der Waals surface area contributed by atoms with E-state index in [1.165, 1.54) is 17.8 Å². The lowest BCUT2D eigenvalue weighted by atomic mass is 10.3. The van der Waals surface area contributed by atoms with Crippen LogP contribution in [0.25, 0.3) is 0 Å². The lowest BCUT2D eigenvalue weighted by Crippen LogP contribution is -2.14. The Bertz CT molecular complexity index is 713. The summed E-state index contributed by atoms with van der Waals surface area (Å²) in [6.07, 6.45) is 0. The van der Waals surface area contributed by atoms with Crippen molar-refractivity contribution in [2.24, 2.45) is 5.14 Å². The van der Waals surface area contributed by atoms with Gasteiger partial charge in [0.15, 0.2) is 0 Å². The maximum Gasteiger partial charge on any atom is 0.240 e. The van der Waals surface area contributed by atoms with Crippen molar-refractivity contribution in [2.45, 2.75) is 14.7 Å². The Labute approximate surface area is 122 Å². The third kappa shape index (κ3) is 3.44. The van der Waals surface area contributed by atoms with Crippen LogP contribution in [0.2, 0.25) is 0 Å². The minimum atomic E-state index is -3.78. The van der Waals surface area contributed by atoms with E-state index in [1.807, 2.05) is 24.3 Å². The SMILES string of the molecule is COc1ccc(Sc2ccc(S(N)(=O)=O)c(N)c2)cc1. The van der Waals surface area contributed by atoms with Gasteiger partial charge in [-0.15, -0.1) is 0 Å². The van der Waals surface area contributed by atoms with Crippen LogP contribution in [0.15, 0.2) is 57.2 Å². The fourth-order valence-corrected chi connectivity index (χ4v) is 3.14. The Morgan fingerprint density at radius 1 is 1.05 bits per heavy atom. The summed E-state index contributed by atoms with van der Waals surface area (Å²) in [6.45, 7) is 0. The normalized spacial score (nSPS) is 11.3. The molecule has 0 heterocycles. The van der Waals surface area contributed by atoms with E-state index in [0.717, 1.165) is 15.5 Å². The predicted molar refractivity (Wildman–Crippen MR) is 79.3 cm³/mol. The van der Waals surface area contributed by atoms with E-state index in [0.29, 0.717) is 0 Å². The summed E-state index contributed by atoms with van der Waals surface area (Å²) in [5, 5.41) is 5.06. The van der Waals surface area contributed by atoms with Gasteiger partial charge in [-0.2, -0.15) is 0 Å². The standard InChI is InChI=1S/C13H14N2O3S2/c1-18-9-2-4-10(5-3-9)19-11-6-7-13(12(14)8-11)20(15,16)17/h2-8H,14H2,1H3,(H2,15,16,17). The molecule has 20 heavy (non-hydrogen) atoms. The van der Waals surface area contributed by atoms with Gasteiger partial charge < -0.3 is 10.5 Å². The van der Waals surface area contributed by atoms with E-state index in [2.05, 4.69) is 0 Å². The molecule has 0 unspecified atom stereocenters. The minimum absolute atomic E-state index is 0.0587. The van der Waals surface area contributed by atoms with Gasteiger partial charge in [0.25, 0.3) is 0 Å². The van der Waals surface area contributed by atoms with Crippen molar-refractivity contribution in [2.75, 3.05) is 12.8 Å². The van der Waals surface area contributed by atoms with Gasteiger partial charge in [-0.25, -0.2) is 13.6 Å². The first-order valence-corrected chi connectivity index (χ1v) is 8.00. The lowest BCUT2D eigenvalue weighted by molar-refractivity contribution is 0.414. The van der Waals surface area contributed by atoms with Crippen molar-refractivity contribution in [3.63, 3.8) is 0 Å². The minimum Gasteiger partial charge on any atom is -0.497 e. The number of primary sulfonamides is 1. The van der Waals surface area contributed by atoms with Gasteiger partial charge >= 0.3 is 0 Å². The average Bonchev–Trinajstić information content (AvgIpc) is 2.38. The zero-order valence-electron chi connectivity index (χ0n) is 10.7. The first-order chi connectivity index (χ1) is 9.40. The molecule has 2 rings (SSSR count). The number of anilines is 1. The van der Waals surface area contributed by atoms with Crippen molar-refractivity contribution >= 4 is 27.5 Å². The predicted octanol–water partition coefficient (Wildman–Crippen LogP) is 2.08. The fourth-order valence-electron chi connectivity index (χ4n) is 1.63. The number of ether oxygens (including phenoxy) is 1. The molecule has 0 atom stereocenters. The van der Waals surface area contributed by atoms with Gasteiger partial charge in [0.2, 0.25) is 10.0 Å². The zero-order chi connectivity index (χ0) is 14.8. The highest BCUT2D eigenvalue weighted by Crippen LogP contribution is 2.31. The van der Waals surface area contributed by atoms with E-state index in [-0.39, 0.29) is 10.6 Å². The Morgan fingerprint density at radius 3 is 2.15 bits per heavy atom. The highest BCUT2D eigenvalue weighted by atomic mass is 32.2. The molecule has 0 fully saturated rings. The zero-order valence-corrected chi connectivity index (χ0v) is 12.4. The van der Waals surface area contributed by atoms with Crippen LogP contribution in [0, 0.1) is 0 Å². The number of hydrogen-bond acceptors (Lipinski definition) is 5. The molecule has 0 bridgehead atoms. The van der Waals surface area contributed by atoms with Crippen LogP contribution < -0.4 is 15.6 Å². The van der Waals surface area contributed by atoms with E-state index >= 15 is 0 Å². The fraction of sp³-hybridized carbons (Fsp3) is 0.0769. The first kappa shape index (κ1) is 14.7. The van der Waals surface area contributed by atoms with Crippen LogP contribution in [-0.2, 0) is 10.0 Å². The molecular formula is C13H14N2O3S2. The molecule has 0 amide bonds. The topological polar surface area (TPSA) is 95.4 Å². The van der Waals surface area contributed by atoms with Crippen molar-refractivity contribution in [1.29, 1.82) is 0 Å². The van der Waals surface area contributed by atoms with Gasteiger partial charge in [-0.1, -0.05) is 11.8 Å². The van der Waals surface area contributed by atoms with Crippen LogP contribution in [-0.4, -0.2) is 15.5 Å². The summed E-state index contributed by atoms with van der Waals surface area (Å²) in [7, 11) is -2.18. The molecular weight excluding hydrogens is 296 g/mol. The van der Waals surface area contributed by atoms with Gasteiger partial charge in [-0.05, 0) is 42.5 Å². The van der Waals surface area contributed by atoms with E-state index in [1.54, 1.807) is 19.2 Å². The highest BCUT2D eigenvalue weighted by molar-refractivity contribution is 7.99. The molecule has 0 spiro atoms. The maximum absolute atomic E-state index is 11.3. The van der Waals surface area contributed by atoms with E-state index < -0.39 is 10.0 Å².